The van der Waals surface area contributed by atoms with E-state index in [-0.39, 0.29) is 5.91 Å². The molecule has 0 saturated carbocycles. The van der Waals surface area contributed by atoms with Gasteiger partial charge in [0.05, 0.1) is 16.8 Å². The van der Waals surface area contributed by atoms with Gasteiger partial charge in [0.2, 0.25) is 5.91 Å². The minimum atomic E-state index is 0.00828. The maximum absolute atomic E-state index is 12.4. The number of thiazole rings is 1. The second-order valence-corrected chi connectivity index (χ2v) is 7.67. The third kappa shape index (κ3) is 3.86. The van der Waals surface area contributed by atoms with Crippen molar-refractivity contribution in [2.24, 2.45) is 0 Å². The van der Waals surface area contributed by atoms with Crippen molar-refractivity contribution in [2.75, 3.05) is 42.9 Å². The molecule has 1 aliphatic heterocycles. The number of aromatic nitrogens is 1. The molecule has 2 aromatic carbocycles. The monoisotopic (exact) mass is 366 g/mol. The van der Waals surface area contributed by atoms with Crippen LogP contribution in [0.3, 0.4) is 0 Å². The summed E-state index contributed by atoms with van der Waals surface area (Å²) in [6.07, 6.45) is 0. The molecule has 1 N–H and O–H groups in total. The van der Waals surface area contributed by atoms with E-state index in [2.05, 4.69) is 57.4 Å². The topological polar surface area (TPSA) is 48.5 Å². The Morgan fingerprint density at radius 1 is 1.12 bits per heavy atom. The van der Waals surface area contributed by atoms with E-state index in [9.17, 15) is 4.79 Å². The number of piperazine rings is 1. The molecule has 2 heterocycles. The molecule has 0 atom stereocenters. The number of benzene rings is 2. The Hall–Kier alpha value is -2.44. The number of carbonyl (C=O) groups is 1. The third-order valence-corrected chi connectivity index (χ3v) is 5.58. The molecule has 3 aromatic rings. The van der Waals surface area contributed by atoms with Crippen LogP contribution in [0.25, 0.3) is 10.2 Å². The van der Waals surface area contributed by atoms with Gasteiger partial charge in [-0.25, -0.2) is 4.98 Å². The second kappa shape index (κ2) is 7.43. The van der Waals surface area contributed by atoms with Crippen LogP contribution < -0.4 is 10.2 Å². The molecule has 0 bridgehead atoms. The molecular formula is C20H22N4OS. The van der Waals surface area contributed by atoms with E-state index in [1.807, 2.05) is 18.2 Å². The summed E-state index contributed by atoms with van der Waals surface area (Å²) in [7, 11) is 0. The molecule has 1 saturated heterocycles. The van der Waals surface area contributed by atoms with Crippen LogP contribution in [-0.4, -0.2) is 48.5 Å². The third-order valence-electron chi connectivity index (χ3n) is 4.65. The minimum absolute atomic E-state index is 0.00828. The molecule has 1 fully saturated rings. The van der Waals surface area contributed by atoms with Gasteiger partial charge in [-0.1, -0.05) is 35.6 Å². The maximum atomic E-state index is 12.4. The highest BCUT2D eigenvalue weighted by Crippen LogP contribution is 2.26. The van der Waals surface area contributed by atoms with Gasteiger partial charge >= 0.3 is 0 Å². The number of amides is 1. The van der Waals surface area contributed by atoms with Crippen molar-refractivity contribution in [1.82, 2.24) is 9.88 Å². The zero-order chi connectivity index (χ0) is 17.9. The predicted octanol–water partition coefficient (Wildman–Crippen LogP) is 3.37. The van der Waals surface area contributed by atoms with E-state index in [4.69, 9.17) is 0 Å². The summed E-state index contributed by atoms with van der Waals surface area (Å²) >= 11 is 1.53. The molecule has 0 aliphatic carbocycles. The number of hydrogen-bond donors (Lipinski definition) is 1. The molecule has 6 heteroatoms. The fraction of sp³-hybridized carbons (Fsp3) is 0.300. The first-order chi connectivity index (χ1) is 12.7. The van der Waals surface area contributed by atoms with Gasteiger partial charge in [0.1, 0.15) is 0 Å². The molecule has 0 radical (unpaired) electrons. The van der Waals surface area contributed by atoms with Crippen molar-refractivity contribution in [2.45, 2.75) is 6.92 Å². The van der Waals surface area contributed by atoms with Gasteiger partial charge in [0, 0.05) is 31.9 Å². The van der Waals surface area contributed by atoms with Crippen molar-refractivity contribution in [1.29, 1.82) is 0 Å². The Labute approximate surface area is 157 Å². The first kappa shape index (κ1) is 17.0. The van der Waals surface area contributed by atoms with Gasteiger partial charge in [0.25, 0.3) is 0 Å². The van der Waals surface area contributed by atoms with Crippen LogP contribution in [0, 0.1) is 6.92 Å². The Morgan fingerprint density at radius 2 is 1.88 bits per heavy atom. The highest BCUT2D eigenvalue weighted by Gasteiger charge is 2.19. The number of para-hydroxylation sites is 1. The summed E-state index contributed by atoms with van der Waals surface area (Å²) in [5.41, 5.74) is 3.39. The van der Waals surface area contributed by atoms with Gasteiger partial charge < -0.3 is 10.2 Å². The normalized spacial score (nSPS) is 15.3. The van der Waals surface area contributed by atoms with E-state index >= 15 is 0 Å². The summed E-state index contributed by atoms with van der Waals surface area (Å²) in [5, 5.41) is 3.63. The Morgan fingerprint density at radius 3 is 2.65 bits per heavy atom. The lowest BCUT2D eigenvalue weighted by Crippen LogP contribution is -2.48. The van der Waals surface area contributed by atoms with Gasteiger partial charge in [-0.2, -0.15) is 0 Å². The van der Waals surface area contributed by atoms with Crippen LogP contribution in [0.15, 0.2) is 48.5 Å². The van der Waals surface area contributed by atoms with Crippen LogP contribution in [-0.2, 0) is 4.79 Å². The number of hydrogen-bond acceptors (Lipinski definition) is 5. The Bertz CT molecular complexity index is 901. The first-order valence-corrected chi connectivity index (χ1v) is 9.68. The molecule has 1 aromatic heterocycles. The average molecular weight is 366 g/mol. The van der Waals surface area contributed by atoms with Gasteiger partial charge in [-0.05, 0) is 36.8 Å². The van der Waals surface area contributed by atoms with Crippen LogP contribution in [0.1, 0.15) is 5.56 Å². The van der Waals surface area contributed by atoms with Crippen LogP contribution in [0.4, 0.5) is 10.8 Å². The summed E-state index contributed by atoms with van der Waals surface area (Å²) in [4.78, 5) is 21.4. The molecular weight excluding hydrogens is 344 g/mol. The molecule has 0 spiro atoms. The molecule has 134 valence electrons. The van der Waals surface area contributed by atoms with Crippen LogP contribution >= 0.6 is 11.3 Å². The van der Waals surface area contributed by atoms with Crippen molar-refractivity contribution in [3.63, 3.8) is 0 Å². The lowest BCUT2D eigenvalue weighted by Gasteiger charge is -2.35. The highest BCUT2D eigenvalue weighted by atomic mass is 32.1. The highest BCUT2D eigenvalue weighted by molar-refractivity contribution is 7.22. The summed E-state index contributed by atoms with van der Waals surface area (Å²) in [6, 6.07) is 16.6. The number of rotatable bonds is 4. The molecule has 26 heavy (non-hydrogen) atoms. The summed E-state index contributed by atoms with van der Waals surface area (Å²) in [5.74, 6) is 0.00828. The zero-order valence-electron chi connectivity index (χ0n) is 14.8. The zero-order valence-corrected chi connectivity index (χ0v) is 15.6. The summed E-state index contributed by atoms with van der Waals surface area (Å²) in [6.45, 7) is 6.14. The van der Waals surface area contributed by atoms with Crippen LogP contribution in [0.2, 0.25) is 0 Å². The van der Waals surface area contributed by atoms with E-state index in [1.165, 1.54) is 22.6 Å². The first-order valence-electron chi connectivity index (χ1n) is 8.87. The second-order valence-electron chi connectivity index (χ2n) is 6.64. The van der Waals surface area contributed by atoms with E-state index in [0.29, 0.717) is 11.7 Å². The molecule has 1 amide bonds. The van der Waals surface area contributed by atoms with Crippen molar-refractivity contribution < 1.29 is 4.79 Å². The molecule has 5 nitrogen and oxygen atoms in total. The number of anilines is 2. The number of nitrogens with one attached hydrogen (secondary N) is 1. The standard InChI is InChI=1S/C20H22N4OS/c1-15-7-8-17-18(13-15)26-20(21-17)22-19(25)14-23-9-11-24(12-10-23)16-5-3-2-4-6-16/h2-8,13H,9-12,14H2,1H3,(H,21,22,25). The van der Waals surface area contributed by atoms with Crippen LogP contribution in [0.5, 0.6) is 0 Å². The maximum Gasteiger partial charge on any atom is 0.240 e. The number of nitrogens with zero attached hydrogens (tertiary/aromatic N) is 3. The lowest BCUT2D eigenvalue weighted by atomic mass is 10.2. The largest absolute Gasteiger partial charge is 0.369 e. The molecule has 0 unspecified atom stereocenters. The SMILES string of the molecule is Cc1ccc2nc(NC(=O)CN3CCN(c4ccccc4)CC3)sc2c1. The van der Waals surface area contributed by atoms with E-state index in [1.54, 1.807) is 0 Å². The number of fused-ring (bicyclic) bond motifs is 1. The average Bonchev–Trinajstić information content (AvgIpc) is 3.04. The van der Waals surface area contributed by atoms with Gasteiger partial charge in [-0.3, -0.25) is 9.69 Å². The van der Waals surface area contributed by atoms with Crippen molar-refractivity contribution >= 4 is 38.3 Å². The number of aryl methyl sites for hydroxylation is 1. The fourth-order valence-electron chi connectivity index (χ4n) is 3.25. The predicted molar refractivity (Wildman–Crippen MR) is 108 cm³/mol. The fourth-order valence-corrected chi connectivity index (χ4v) is 4.23. The number of carbonyl (C=O) groups excluding carboxylic acids is 1. The van der Waals surface area contributed by atoms with E-state index < -0.39 is 0 Å². The summed E-state index contributed by atoms with van der Waals surface area (Å²) < 4.78 is 1.11. The Balaban J connectivity index is 1.31. The van der Waals surface area contributed by atoms with Gasteiger partial charge in [-0.15, -0.1) is 0 Å². The quantitative estimate of drug-likeness (QED) is 0.769. The lowest BCUT2D eigenvalue weighted by molar-refractivity contribution is -0.117. The molecule has 1 aliphatic rings. The van der Waals surface area contributed by atoms with Crippen molar-refractivity contribution in [3.05, 3.63) is 54.1 Å². The van der Waals surface area contributed by atoms with Gasteiger partial charge in [0.15, 0.2) is 5.13 Å². The van der Waals surface area contributed by atoms with Crippen molar-refractivity contribution in [3.8, 4) is 0 Å². The smallest absolute Gasteiger partial charge is 0.240 e. The Kier molecular flexibility index (Phi) is 4.86. The molecule has 4 rings (SSSR count). The van der Waals surface area contributed by atoms with E-state index in [0.717, 1.165) is 36.4 Å². The minimum Gasteiger partial charge on any atom is -0.369 e.